The first-order valence-electron chi connectivity index (χ1n) is 25.4. The van der Waals surface area contributed by atoms with Crippen molar-refractivity contribution in [2.24, 2.45) is 0 Å². The largest absolute Gasteiger partial charge is 0.271 e. The molecule has 6 aromatic carbocycles. The second-order valence-corrected chi connectivity index (χ2v) is 19.4. The van der Waals surface area contributed by atoms with Gasteiger partial charge in [-0.25, -0.2) is 0 Å². The third-order valence-electron chi connectivity index (χ3n) is 15.2. The van der Waals surface area contributed by atoms with E-state index in [-0.39, 0.29) is 51.6 Å². The maximum atomic E-state index is 15.2. The van der Waals surface area contributed by atoms with Crippen molar-refractivity contribution in [3.8, 4) is 0 Å². The number of benzene rings is 6. The van der Waals surface area contributed by atoms with Crippen LogP contribution in [0.4, 0.5) is 0 Å². The van der Waals surface area contributed by atoms with Crippen molar-refractivity contribution in [1.82, 2.24) is 13.7 Å². The Morgan fingerprint density at radius 2 is 0.697 bits per heavy atom. The van der Waals surface area contributed by atoms with E-state index in [0.29, 0.717) is 64.6 Å². The van der Waals surface area contributed by atoms with E-state index in [0.717, 1.165) is 139 Å². The summed E-state index contributed by atoms with van der Waals surface area (Å²) < 4.78 is 4.20. The monoisotopic (exact) mass is 887 g/mol. The first-order chi connectivity index (χ1) is 32.1. The molecule has 0 aliphatic rings. The van der Waals surface area contributed by atoms with Crippen LogP contribution in [-0.2, 0) is 6.54 Å². The summed E-state index contributed by atoms with van der Waals surface area (Å²) in [5.41, 5.74) is -2.33. The minimum absolute atomic E-state index is 0.0150. The minimum Gasteiger partial charge on any atom is -0.271 e. The average molecular weight is 888 g/mol. The number of nitrogens with zero attached hydrogens (tertiary/aromatic N) is 3. The number of pyridine rings is 2. The molecular formula is C57H65N3O6. The lowest BCUT2D eigenvalue weighted by molar-refractivity contribution is 0.384. The van der Waals surface area contributed by atoms with Crippen molar-refractivity contribution in [2.45, 2.75) is 175 Å². The van der Waals surface area contributed by atoms with Gasteiger partial charge in [-0.3, -0.25) is 42.5 Å². The van der Waals surface area contributed by atoms with Crippen LogP contribution in [0.25, 0.3) is 86.2 Å². The minimum atomic E-state index is -0.488. The highest BCUT2D eigenvalue weighted by atomic mass is 16.2. The fraction of sp³-hybridized carbons (Fsp3) is 0.474. The second kappa shape index (κ2) is 18.9. The van der Waals surface area contributed by atoms with E-state index in [9.17, 15) is 19.2 Å². The van der Waals surface area contributed by atoms with Gasteiger partial charge in [0.05, 0.1) is 10.8 Å². The molecule has 9 aromatic rings. The van der Waals surface area contributed by atoms with E-state index >= 15 is 9.59 Å². The van der Waals surface area contributed by atoms with Gasteiger partial charge in [0.1, 0.15) is 0 Å². The number of fused-ring (bicyclic) bond motifs is 4. The fourth-order valence-corrected chi connectivity index (χ4v) is 12.0. The highest BCUT2D eigenvalue weighted by molar-refractivity contribution is 6.48. The van der Waals surface area contributed by atoms with Crippen molar-refractivity contribution >= 4 is 86.2 Å². The quantitative estimate of drug-likeness (QED) is 0.0258. The molecule has 9 heteroatoms. The SMILES string of the molecule is C=CCn1c(=O)c2c3cc4c(=O)n(C(CCCCCC)CCCCCC)c(=O)c5ccc6c7ccc8c(=O)n(C(CCCCCC)CCCCCC)c(=O)c9cc(c2c1=O)c(c7c89)c3c6c54. The Morgan fingerprint density at radius 3 is 1.03 bits per heavy atom. The molecule has 0 fully saturated rings. The average Bonchev–Trinajstić information content (AvgIpc) is 3.57. The first kappa shape index (κ1) is 45.5. The molecule has 0 unspecified atom stereocenters. The third-order valence-corrected chi connectivity index (χ3v) is 15.2. The molecule has 344 valence electrons. The molecule has 0 spiro atoms. The maximum absolute atomic E-state index is 15.2. The van der Waals surface area contributed by atoms with Gasteiger partial charge in [-0.05, 0) is 93.0 Å². The van der Waals surface area contributed by atoms with E-state index in [1.807, 2.05) is 24.3 Å². The van der Waals surface area contributed by atoms with Crippen LogP contribution in [0.1, 0.15) is 168 Å². The highest BCUT2D eigenvalue weighted by Gasteiger charge is 2.31. The molecule has 0 aliphatic carbocycles. The van der Waals surface area contributed by atoms with Crippen LogP contribution in [0, 0.1) is 0 Å². The topological polar surface area (TPSA) is 117 Å². The van der Waals surface area contributed by atoms with E-state index < -0.39 is 11.1 Å². The van der Waals surface area contributed by atoms with Gasteiger partial charge in [0.15, 0.2) is 0 Å². The molecule has 0 aliphatic heterocycles. The molecule has 0 atom stereocenters. The Morgan fingerprint density at radius 1 is 0.379 bits per heavy atom. The van der Waals surface area contributed by atoms with Crippen LogP contribution in [0.3, 0.4) is 0 Å². The number of allylic oxidation sites excluding steroid dienone is 1. The number of rotatable bonds is 24. The highest BCUT2D eigenvalue weighted by Crippen LogP contribution is 2.50. The molecule has 9 rings (SSSR count). The summed E-state index contributed by atoms with van der Waals surface area (Å²) in [6.45, 7) is 12.5. The Hall–Kier alpha value is -5.70. The van der Waals surface area contributed by atoms with Crippen molar-refractivity contribution in [1.29, 1.82) is 0 Å². The van der Waals surface area contributed by atoms with E-state index in [4.69, 9.17) is 0 Å². The van der Waals surface area contributed by atoms with Gasteiger partial charge in [0.2, 0.25) is 0 Å². The summed E-state index contributed by atoms with van der Waals surface area (Å²) in [5, 5.41) is 8.22. The normalized spacial score (nSPS) is 12.7. The Labute approximate surface area is 384 Å². The first-order valence-corrected chi connectivity index (χ1v) is 25.4. The van der Waals surface area contributed by atoms with Gasteiger partial charge in [0.25, 0.3) is 33.4 Å². The summed E-state index contributed by atoms with van der Waals surface area (Å²) in [6.07, 6.45) is 20.9. The van der Waals surface area contributed by atoms with Gasteiger partial charge < -0.3 is 0 Å². The van der Waals surface area contributed by atoms with Crippen LogP contribution < -0.4 is 33.4 Å². The number of hydrogen-bond acceptors (Lipinski definition) is 6. The molecule has 0 saturated heterocycles. The lowest BCUT2D eigenvalue weighted by atomic mass is 9.81. The van der Waals surface area contributed by atoms with E-state index in [1.54, 1.807) is 12.1 Å². The number of unbranched alkanes of at least 4 members (excludes halogenated alkanes) is 12. The summed E-state index contributed by atoms with van der Waals surface area (Å²) in [6, 6.07) is 10.5. The van der Waals surface area contributed by atoms with E-state index in [2.05, 4.69) is 34.3 Å². The van der Waals surface area contributed by atoms with Crippen LogP contribution in [0.5, 0.6) is 0 Å². The zero-order chi connectivity index (χ0) is 46.4. The predicted molar refractivity (Wildman–Crippen MR) is 277 cm³/mol. The van der Waals surface area contributed by atoms with Crippen LogP contribution in [0.2, 0.25) is 0 Å². The smallest absolute Gasteiger partial charge is 0.262 e. The van der Waals surface area contributed by atoms with Gasteiger partial charge in [0, 0.05) is 50.9 Å². The van der Waals surface area contributed by atoms with Gasteiger partial charge in [-0.15, -0.1) is 6.58 Å². The van der Waals surface area contributed by atoms with Gasteiger partial charge in [-0.1, -0.05) is 149 Å². The van der Waals surface area contributed by atoms with E-state index in [1.165, 1.54) is 19.8 Å². The predicted octanol–water partition coefficient (Wildman–Crippen LogP) is 12.8. The van der Waals surface area contributed by atoms with Crippen LogP contribution >= 0.6 is 0 Å². The molecule has 9 nitrogen and oxygen atoms in total. The van der Waals surface area contributed by atoms with Gasteiger partial charge >= 0.3 is 0 Å². The molecule has 0 radical (unpaired) electrons. The Kier molecular flexibility index (Phi) is 13.0. The zero-order valence-corrected chi connectivity index (χ0v) is 39.5. The number of aromatic nitrogens is 3. The number of hydrogen-bond donors (Lipinski definition) is 0. The second-order valence-electron chi connectivity index (χ2n) is 19.4. The molecule has 0 bridgehead atoms. The van der Waals surface area contributed by atoms with Crippen LogP contribution in [-0.4, -0.2) is 13.7 Å². The third kappa shape index (κ3) is 7.18. The lowest BCUT2D eigenvalue weighted by Gasteiger charge is -2.24. The molecular weight excluding hydrogens is 823 g/mol. The van der Waals surface area contributed by atoms with Gasteiger partial charge in [-0.2, -0.15) is 0 Å². The molecule has 3 heterocycles. The van der Waals surface area contributed by atoms with Crippen molar-refractivity contribution in [3.63, 3.8) is 0 Å². The lowest BCUT2D eigenvalue weighted by Crippen LogP contribution is -2.37. The molecule has 66 heavy (non-hydrogen) atoms. The Balaban J connectivity index is 1.40. The summed E-state index contributed by atoms with van der Waals surface area (Å²) in [5.74, 6) is 0. The molecule has 0 saturated carbocycles. The van der Waals surface area contributed by atoms with Crippen molar-refractivity contribution in [2.75, 3.05) is 0 Å². The summed E-state index contributed by atoms with van der Waals surface area (Å²) in [4.78, 5) is 89.8. The van der Waals surface area contributed by atoms with Crippen LogP contribution in [0.15, 0.2) is 77.8 Å². The summed E-state index contributed by atoms with van der Waals surface area (Å²) in [7, 11) is 0. The Bertz CT molecular complexity index is 3330. The molecule has 0 N–H and O–H groups in total. The molecule has 3 aromatic heterocycles. The fourth-order valence-electron chi connectivity index (χ4n) is 12.0. The maximum Gasteiger partial charge on any atom is 0.262 e. The summed E-state index contributed by atoms with van der Waals surface area (Å²) >= 11 is 0. The standard InChI is InChI=1S/C57H65N3O6/c1-6-11-15-19-23-34(24-20-16-12-7-2)59-52(61)38-29-27-36-37-28-30-39-45-43(55(64)60(53(39)62)35(25-21-17-13-8-3)26-22-18-14-9-4)33-41-49(47(37)45)48-40(32-42(54(59)63)44(38)46(36)48)50-51(41)57(66)58(31-10-5)56(50)65/h10,27-30,32-35H,5-9,11-26,31H2,1-4H3. The van der Waals surface area contributed by atoms with Crippen molar-refractivity contribution in [3.05, 3.63) is 111 Å². The molecule has 0 amide bonds. The zero-order valence-electron chi connectivity index (χ0n) is 39.5. The van der Waals surface area contributed by atoms with Crippen molar-refractivity contribution < 1.29 is 0 Å².